The molecule has 3 rings (SSSR count). The van der Waals surface area contributed by atoms with Gasteiger partial charge in [0.2, 0.25) is 0 Å². The Morgan fingerprint density at radius 3 is 2.75 bits per heavy atom. The van der Waals surface area contributed by atoms with Crippen LogP contribution in [0.2, 0.25) is 0 Å². The van der Waals surface area contributed by atoms with Gasteiger partial charge in [-0.1, -0.05) is 36.8 Å². The van der Waals surface area contributed by atoms with Gasteiger partial charge in [0, 0.05) is 6.42 Å². The monoisotopic (exact) mass is 274 g/mol. The van der Waals surface area contributed by atoms with E-state index in [-0.39, 0.29) is 5.97 Å². The first kappa shape index (κ1) is 13.6. The van der Waals surface area contributed by atoms with Crippen molar-refractivity contribution in [3.05, 3.63) is 35.9 Å². The van der Waals surface area contributed by atoms with Crippen LogP contribution in [-0.4, -0.2) is 18.2 Å². The summed E-state index contributed by atoms with van der Waals surface area (Å²) in [4.78, 5) is 11.9. The van der Waals surface area contributed by atoms with Crippen LogP contribution in [0.5, 0.6) is 0 Å². The highest BCUT2D eigenvalue weighted by Crippen LogP contribution is 2.36. The van der Waals surface area contributed by atoms with Crippen LogP contribution in [0.25, 0.3) is 0 Å². The Kier molecular flexibility index (Phi) is 4.36. The number of benzene rings is 1. The van der Waals surface area contributed by atoms with Crippen molar-refractivity contribution < 1.29 is 14.3 Å². The lowest BCUT2D eigenvalue weighted by Gasteiger charge is -2.17. The highest BCUT2D eigenvalue weighted by molar-refractivity contribution is 5.69. The molecule has 0 spiro atoms. The van der Waals surface area contributed by atoms with Gasteiger partial charge in [0.15, 0.2) is 0 Å². The molecule has 1 heterocycles. The number of carbonyl (C=O) groups is 1. The maximum absolute atomic E-state index is 11.9. The van der Waals surface area contributed by atoms with E-state index in [0.29, 0.717) is 31.2 Å². The third-order valence-corrected chi connectivity index (χ3v) is 4.35. The summed E-state index contributed by atoms with van der Waals surface area (Å²) in [6.07, 6.45) is 7.26. The largest absolute Gasteiger partial charge is 0.461 e. The molecule has 0 N–H and O–H groups in total. The van der Waals surface area contributed by atoms with Crippen LogP contribution < -0.4 is 0 Å². The number of epoxide rings is 1. The van der Waals surface area contributed by atoms with Crippen LogP contribution in [0.4, 0.5) is 0 Å². The smallest absolute Gasteiger partial charge is 0.306 e. The topological polar surface area (TPSA) is 38.8 Å². The van der Waals surface area contributed by atoms with Gasteiger partial charge in [-0.25, -0.2) is 0 Å². The molecule has 108 valence electrons. The van der Waals surface area contributed by atoms with Crippen LogP contribution in [0, 0.1) is 5.92 Å². The standard InChI is InChI=1S/C17H22O3/c18-17(19-12-14-5-2-1-3-6-14)11-13-7-4-8-15-16(20-15)10-9-13/h1-3,5-6,13,15-16H,4,7-12H2. The molecule has 3 nitrogen and oxygen atoms in total. The lowest BCUT2D eigenvalue weighted by molar-refractivity contribution is -0.146. The highest BCUT2D eigenvalue weighted by atomic mass is 16.6. The summed E-state index contributed by atoms with van der Waals surface area (Å²) >= 11 is 0. The van der Waals surface area contributed by atoms with Crippen LogP contribution in [0.15, 0.2) is 30.3 Å². The maximum atomic E-state index is 11.9. The van der Waals surface area contributed by atoms with E-state index in [9.17, 15) is 4.79 Å². The fraction of sp³-hybridized carbons (Fsp3) is 0.588. The van der Waals surface area contributed by atoms with Crippen molar-refractivity contribution >= 4 is 5.97 Å². The molecule has 1 aliphatic heterocycles. The molecule has 0 bridgehead atoms. The fourth-order valence-corrected chi connectivity index (χ4v) is 3.08. The molecule has 1 aromatic carbocycles. The van der Waals surface area contributed by atoms with Crippen LogP contribution in [-0.2, 0) is 20.9 Å². The average molecular weight is 274 g/mol. The van der Waals surface area contributed by atoms with Gasteiger partial charge < -0.3 is 9.47 Å². The first-order valence-corrected chi connectivity index (χ1v) is 7.66. The third kappa shape index (κ3) is 3.83. The van der Waals surface area contributed by atoms with Crippen LogP contribution in [0.1, 0.15) is 44.1 Å². The van der Waals surface area contributed by atoms with Crippen molar-refractivity contribution in [1.82, 2.24) is 0 Å². The summed E-state index contributed by atoms with van der Waals surface area (Å²) in [5, 5.41) is 0. The van der Waals surface area contributed by atoms with Gasteiger partial charge in [-0.15, -0.1) is 0 Å². The molecule has 3 atom stereocenters. The van der Waals surface area contributed by atoms with Crippen LogP contribution in [0.3, 0.4) is 0 Å². The minimum atomic E-state index is -0.0623. The Bertz CT molecular complexity index is 443. The molecule has 0 aromatic heterocycles. The summed E-state index contributed by atoms with van der Waals surface area (Å²) in [6.45, 7) is 0.389. The average Bonchev–Trinajstić information content (AvgIpc) is 3.18. The van der Waals surface area contributed by atoms with E-state index in [4.69, 9.17) is 9.47 Å². The molecule has 3 unspecified atom stereocenters. The number of rotatable bonds is 4. The molecule has 20 heavy (non-hydrogen) atoms. The number of esters is 1. The number of carbonyl (C=O) groups excluding carboxylic acids is 1. The summed E-state index contributed by atoms with van der Waals surface area (Å²) in [5.74, 6) is 0.413. The Balaban J connectivity index is 1.41. The fourth-order valence-electron chi connectivity index (χ4n) is 3.08. The SMILES string of the molecule is O=C(CC1CCCC2OC2CC1)OCc1ccccc1. The van der Waals surface area contributed by atoms with Gasteiger partial charge in [-0.05, 0) is 37.2 Å². The van der Waals surface area contributed by atoms with E-state index in [2.05, 4.69) is 0 Å². The van der Waals surface area contributed by atoms with E-state index in [1.807, 2.05) is 30.3 Å². The minimum absolute atomic E-state index is 0.0623. The van der Waals surface area contributed by atoms with E-state index >= 15 is 0 Å². The first-order chi connectivity index (χ1) is 9.81. The van der Waals surface area contributed by atoms with Crippen molar-refractivity contribution in [1.29, 1.82) is 0 Å². The minimum Gasteiger partial charge on any atom is -0.461 e. The summed E-state index contributed by atoms with van der Waals surface area (Å²) in [7, 11) is 0. The third-order valence-electron chi connectivity index (χ3n) is 4.35. The second-order valence-electron chi connectivity index (χ2n) is 5.94. The Hall–Kier alpha value is -1.35. The van der Waals surface area contributed by atoms with Gasteiger partial charge in [0.1, 0.15) is 6.61 Å². The molecule has 2 aliphatic rings. The van der Waals surface area contributed by atoms with Crippen molar-refractivity contribution in [2.75, 3.05) is 0 Å². The number of hydrogen-bond donors (Lipinski definition) is 0. The van der Waals surface area contributed by atoms with Gasteiger partial charge in [0.25, 0.3) is 0 Å². The molecule has 1 aromatic rings. The Morgan fingerprint density at radius 1 is 1.10 bits per heavy atom. The van der Waals surface area contributed by atoms with Gasteiger partial charge >= 0.3 is 5.97 Å². The second kappa shape index (κ2) is 6.40. The van der Waals surface area contributed by atoms with Crippen LogP contribution >= 0.6 is 0 Å². The zero-order chi connectivity index (χ0) is 13.8. The lowest BCUT2D eigenvalue weighted by atomic mass is 9.89. The van der Waals surface area contributed by atoms with E-state index in [0.717, 1.165) is 24.8 Å². The van der Waals surface area contributed by atoms with Gasteiger partial charge in [0.05, 0.1) is 12.2 Å². The molecule has 1 aliphatic carbocycles. The molecule has 0 amide bonds. The molecule has 2 fully saturated rings. The highest BCUT2D eigenvalue weighted by Gasteiger charge is 2.39. The van der Waals surface area contributed by atoms with E-state index < -0.39 is 0 Å². The van der Waals surface area contributed by atoms with E-state index in [1.54, 1.807) is 0 Å². The lowest BCUT2D eigenvalue weighted by Crippen LogP contribution is -2.14. The van der Waals surface area contributed by atoms with Gasteiger partial charge in [-0.2, -0.15) is 0 Å². The first-order valence-electron chi connectivity index (χ1n) is 7.66. The number of ether oxygens (including phenoxy) is 2. The van der Waals surface area contributed by atoms with Crippen molar-refractivity contribution in [2.24, 2.45) is 5.92 Å². The molecule has 1 saturated carbocycles. The quantitative estimate of drug-likeness (QED) is 0.623. The Morgan fingerprint density at radius 2 is 1.90 bits per heavy atom. The predicted octanol–water partition coefficient (Wildman–Crippen LogP) is 3.47. The normalized spacial score (nSPS) is 28.9. The van der Waals surface area contributed by atoms with Crippen molar-refractivity contribution in [2.45, 2.75) is 57.3 Å². The van der Waals surface area contributed by atoms with Crippen molar-refractivity contribution in [3.8, 4) is 0 Å². The number of fused-ring (bicyclic) bond motifs is 1. The van der Waals surface area contributed by atoms with Gasteiger partial charge in [-0.3, -0.25) is 4.79 Å². The second-order valence-corrected chi connectivity index (χ2v) is 5.94. The summed E-state index contributed by atoms with van der Waals surface area (Å²) < 4.78 is 11.0. The zero-order valence-electron chi connectivity index (χ0n) is 11.8. The molecule has 3 heteroatoms. The molecule has 0 radical (unpaired) electrons. The number of hydrogen-bond acceptors (Lipinski definition) is 3. The van der Waals surface area contributed by atoms with E-state index in [1.165, 1.54) is 12.8 Å². The Labute approximate surface area is 120 Å². The predicted molar refractivity (Wildman–Crippen MR) is 76.1 cm³/mol. The summed E-state index contributed by atoms with van der Waals surface area (Å²) in [5.41, 5.74) is 1.05. The molecule has 1 saturated heterocycles. The summed E-state index contributed by atoms with van der Waals surface area (Å²) in [6, 6.07) is 9.85. The zero-order valence-corrected chi connectivity index (χ0v) is 11.8. The molecular weight excluding hydrogens is 252 g/mol. The maximum Gasteiger partial charge on any atom is 0.306 e. The van der Waals surface area contributed by atoms with Crippen molar-refractivity contribution in [3.63, 3.8) is 0 Å². The molecular formula is C17H22O3.